The number of nitrogens with zero attached hydrogens (tertiary/aromatic N) is 3. The zero-order valence-corrected chi connectivity index (χ0v) is 12.0. The molecule has 1 atom stereocenters. The van der Waals surface area contributed by atoms with E-state index >= 15 is 0 Å². The van der Waals surface area contributed by atoms with Crippen molar-refractivity contribution < 1.29 is 0 Å². The van der Waals surface area contributed by atoms with Gasteiger partial charge in [0, 0.05) is 24.8 Å². The van der Waals surface area contributed by atoms with Crippen LogP contribution in [0.1, 0.15) is 37.7 Å². The second kappa shape index (κ2) is 5.17. The molecule has 0 radical (unpaired) electrons. The average Bonchev–Trinajstić information content (AvgIpc) is 3.17. The van der Waals surface area contributed by atoms with Crippen LogP contribution in [0.25, 0.3) is 0 Å². The second-order valence-electron chi connectivity index (χ2n) is 6.28. The van der Waals surface area contributed by atoms with Gasteiger partial charge in [-0.25, -0.2) is 9.97 Å². The highest BCUT2D eigenvalue weighted by molar-refractivity contribution is 5.05. The SMILES string of the molecule is Cc1nccc(CN2CCCNC(C)(C3CC3)C2)n1. The van der Waals surface area contributed by atoms with Crippen molar-refractivity contribution in [2.75, 3.05) is 19.6 Å². The Labute approximate surface area is 115 Å². The van der Waals surface area contributed by atoms with Crippen molar-refractivity contribution in [3.05, 3.63) is 23.8 Å². The third-order valence-electron chi connectivity index (χ3n) is 4.43. The molecule has 1 saturated carbocycles. The first-order valence-electron chi connectivity index (χ1n) is 7.42. The molecule has 19 heavy (non-hydrogen) atoms. The normalized spacial score (nSPS) is 29.2. The minimum absolute atomic E-state index is 0.304. The Morgan fingerprint density at radius 1 is 1.47 bits per heavy atom. The van der Waals surface area contributed by atoms with E-state index in [4.69, 9.17) is 0 Å². The molecule has 1 N–H and O–H groups in total. The van der Waals surface area contributed by atoms with Gasteiger partial charge in [0.15, 0.2) is 0 Å². The summed E-state index contributed by atoms with van der Waals surface area (Å²) in [7, 11) is 0. The van der Waals surface area contributed by atoms with Gasteiger partial charge in [0.2, 0.25) is 0 Å². The standard InChI is InChI=1S/C15H24N4/c1-12-16-8-6-14(18-12)10-19-9-3-7-17-15(2,11-19)13-4-5-13/h6,8,13,17H,3-5,7,9-11H2,1-2H3. The molecule has 2 fully saturated rings. The molecule has 104 valence electrons. The summed E-state index contributed by atoms with van der Waals surface area (Å²) in [5.41, 5.74) is 1.45. The van der Waals surface area contributed by atoms with E-state index < -0.39 is 0 Å². The van der Waals surface area contributed by atoms with Gasteiger partial charge in [-0.3, -0.25) is 4.90 Å². The molecule has 0 amide bonds. The molecule has 2 heterocycles. The molecule has 0 spiro atoms. The van der Waals surface area contributed by atoms with Crippen molar-refractivity contribution in [1.29, 1.82) is 0 Å². The fourth-order valence-electron chi connectivity index (χ4n) is 3.23. The molecular formula is C15H24N4. The Kier molecular flexibility index (Phi) is 3.54. The summed E-state index contributed by atoms with van der Waals surface area (Å²) in [5, 5.41) is 3.77. The number of aromatic nitrogens is 2. The van der Waals surface area contributed by atoms with Crippen molar-refractivity contribution in [2.45, 2.75) is 45.2 Å². The fraction of sp³-hybridized carbons (Fsp3) is 0.733. The molecule has 1 aliphatic heterocycles. The summed E-state index contributed by atoms with van der Waals surface area (Å²) in [6.07, 6.45) is 5.88. The first-order valence-corrected chi connectivity index (χ1v) is 7.42. The Morgan fingerprint density at radius 3 is 3.05 bits per heavy atom. The van der Waals surface area contributed by atoms with Crippen molar-refractivity contribution in [2.24, 2.45) is 5.92 Å². The van der Waals surface area contributed by atoms with E-state index in [1.807, 2.05) is 19.2 Å². The lowest BCUT2D eigenvalue weighted by molar-refractivity contribution is 0.193. The molecule has 2 aliphatic rings. The quantitative estimate of drug-likeness (QED) is 0.899. The minimum atomic E-state index is 0.304. The molecular weight excluding hydrogens is 236 g/mol. The molecule has 1 saturated heterocycles. The van der Waals surface area contributed by atoms with Crippen LogP contribution in [-0.2, 0) is 6.54 Å². The maximum atomic E-state index is 4.53. The molecule has 0 bridgehead atoms. The van der Waals surface area contributed by atoms with Crippen LogP contribution in [0.2, 0.25) is 0 Å². The van der Waals surface area contributed by atoms with Gasteiger partial charge in [0.05, 0.1) is 5.69 Å². The first kappa shape index (κ1) is 13.0. The highest BCUT2D eigenvalue weighted by atomic mass is 15.2. The Bertz CT molecular complexity index is 444. The summed E-state index contributed by atoms with van der Waals surface area (Å²) in [6, 6.07) is 2.04. The second-order valence-corrected chi connectivity index (χ2v) is 6.28. The Hall–Kier alpha value is -1.00. The third kappa shape index (κ3) is 3.12. The largest absolute Gasteiger partial charge is 0.310 e. The summed E-state index contributed by atoms with van der Waals surface area (Å²) >= 11 is 0. The highest BCUT2D eigenvalue weighted by Crippen LogP contribution is 2.40. The van der Waals surface area contributed by atoms with Crippen molar-refractivity contribution in [3.63, 3.8) is 0 Å². The summed E-state index contributed by atoms with van der Waals surface area (Å²) < 4.78 is 0. The minimum Gasteiger partial charge on any atom is -0.310 e. The van der Waals surface area contributed by atoms with E-state index in [1.165, 1.54) is 25.8 Å². The average molecular weight is 260 g/mol. The molecule has 3 rings (SSSR count). The topological polar surface area (TPSA) is 41.1 Å². The maximum Gasteiger partial charge on any atom is 0.125 e. The Morgan fingerprint density at radius 2 is 2.32 bits per heavy atom. The van der Waals surface area contributed by atoms with E-state index in [0.29, 0.717) is 5.54 Å². The summed E-state index contributed by atoms with van der Waals surface area (Å²) in [5.74, 6) is 1.75. The molecule has 1 aliphatic carbocycles. The number of hydrogen-bond acceptors (Lipinski definition) is 4. The Balaban J connectivity index is 1.69. The van der Waals surface area contributed by atoms with Crippen LogP contribution in [0.4, 0.5) is 0 Å². The van der Waals surface area contributed by atoms with Crippen molar-refractivity contribution in [3.8, 4) is 0 Å². The van der Waals surface area contributed by atoms with Crippen LogP contribution in [-0.4, -0.2) is 40.0 Å². The lowest BCUT2D eigenvalue weighted by Crippen LogP contribution is -2.50. The number of aryl methyl sites for hydroxylation is 1. The van der Waals surface area contributed by atoms with E-state index in [0.717, 1.165) is 37.1 Å². The van der Waals surface area contributed by atoms with Crippen LogP contribution >= 0.6 is 0 Å². The van der Waals surface area contributed by atoms with E-state index in [-0.39, 0.29) is 0 Å². The van der Waals surface area contributed by atoms with Gasteiger partial charge in [0.1, 0.15) is 5.82 Å². The van der Waals surface area contributed by atoms with Gasteiger partial charge in [-0.05, 0) is 58.2 Å². The molecule has 1 aromatic heterocycles. The van der Waals surface area contributed by atoms with Gasteiger partial charge in [0.25, 0.3) is 0 Å². The lowest BCUT2D eigenvalue weighted by atomic mass is 9.95. The van der Waals surface area contributed by atoms with Gasteiger partial charge in [-0.1, -0.05) is 0 Å². The van der Waals surface area contributed by atoms with Crippen LogP contribution in [0.15, 0.2) is 12.3 Å². The maximum absolute atomic E-state index is 4.53. The molecule has 1 aromatic rings. The highest BCUT2D eigenvalue weighted by Gasteiger charge is 2.42. The smallest absolute Gasteiger partial charge is 0.125 e. The van der Waals surface area contributed by atoms with Gasteiger partial charge in [-0.15, -0.1) is 0 Å². The fourth-order valence-corrected chi connectivity index (χ4v) is 3.23. The van der Waals surface area contributed by atoms with Crippen LogP contribution < -0.4 is 5.32 Å². The van der Waals surface area contributed by atoms with E-state index in [1.54, 1.807) is 0 Å². The number of rotatable bonds is 3. The van der Waals surface area contributed by atoms with Crippen molar-refractivity contribution >= 4 is 0 Å². The van der Waals surface area contributed by atoms with E-state index in [2.05, 4.69) is 27.1 Å². The number of nitrogens with one attached hydrogen (secondary N) is 1. The third-order valence-corrected chi connectivity index (χ3v) is 4.43. The predicted octanol–water partition coefficient (Wildman–Crippen LogP) is 1.75. The monoisotopic (exact) mass is 260 g/mol. The summed E-state index contributed by atoms with van der Waals surface area (Å²) in [6.45, 7) is 8.76. The van der Waals surface area contributed by atoms with Gasteiger partial charge < -0.3 is 5.32 Å². The lowest BCUT2D eigenvalue weighted by Gasteiger charge is -2.33. The predicted molar refractivity (Wildman–Crippen MR) is 75.8 cm³/mol. The molecule has 4 nitrogen and oxygen atoms in total. The first-order chi connectivity index (χ1) is 9.16. The van der Waals surface area contributed by atoms with Crippen LogP contribution in [0.3, 0.4) is 0 Å². The summed E-state index contributed by atoms with van der Waals surface area (Å²) in [4.78, 5) is 11.3. The van der Waals surface area contributed by atoms with E-state index in [9.17, 15) is 0 Å². The van der Waals surface area contributed by atoms with Crippen molar-refractivity contribution in [1.82, 2.24) is 20.2 Å². The van der Waals surface area contributed by atoms with Gasteiger partial charge in [-0.2, -0.15) is 0 Å². The zero-order valence-electron chi connectivity index (χ0n) is 12.0. The molecule has 0 aromatic carbocycles. The molecule has 4 heteroatoms. The van der Waals surface area contributed by atoms with Gasteiger partial charge >= 0.3 is 0 Å². The van der Waals surface area contributed by atoms with Crippen LogP contribution in [0, 0.1) is 12.8 Å². The molecule has 1 unspecified atom stereocenters. The van der Waals surface area contributed by atoms with Crippen LogP contribution in [0.5, 0.6) is 0 Å². The number of hydrogen-bond donors (Lipinski definition) is 1. The zero-order chi connectivity index (χ0) is 13.3.